The number of aliphatic hydroxyl groups excluding tert-OH is 1. The minimum absolute atomic E-state index is 0.265. The molecule has 0 aromatic rings. The van der Waals surface area contributed by atoms with Crippen LogP contribution in [0.3, 0.4) is 0 Å². The third-order valence-electron chi connectivity index (χ3n) is 5.16. The fourth-order valence-corrected chi connectivity index (χ4v) is 3.52. The van der Waals surface area contributed by atoms with Gasteiger partial charge in [-0.1, -0.05) is 52.9 Å². The topological polar surface area (TPSA) is 86.3 Å². The van der Waals surface area contributed by atoms with Gasteiger partial charge in [0.2, 0.25) is 0 Å². The molecule has 0 aliphatic carbocycles. The number of hydrogen-bond acceptors (Lipinski definition) is 6. The van der Waals surface area contributed by atoms with Gasteiger partial charge in [0.25, 0.3) is 5.91 Å². The molecule has 2 heterocycles. The summed E-state index contributed by atoms with van der Waals surface area (Å²) in [6.07, 6.45) is 5.42. The average Bonchev–Trinajstić information content (AvgIpc) is 3.32. The fourth-order valence-electron chi connectivity index (χ4n) is 3.52. The number of nitrogens with one attached hydrogen (secondary N) is 1. The summed E-state index contributed by atoms with van der Waals surface area (Å²) in [5.74, 6) is -0.412. The Hall–Kier alpha value is -0.600. The van der Waals surface area contributed by atoms with Gasteiger partial charge in [0.1, 0.15) is 6.10 Å². The van der Waals surface area contributed by atoms with E-state index in [9.17, 15) is 9.90 Å². The average molecular weight is 383 g/mol. The van der Waals surface area contributed by atoms with E-state index >= 15 is 0 Å². The quantitative estimate of drug-likeness (QED) is 0.396. The molecule has 2 fully saturated rings. The molecule has 4 unspecified atom stereocenters. The van der Waals surface area contributed by atoms with Crippen LogP contribution in [0.5, 0.6) is 0 Å². The summed E-state index contributed by atoms with van der Waals surface area (Å²) in [5, 5.41) is 13.4. The molecular formula is C18H35B2NO6. The monoisotopic (exact) mass is 383 g/mol. The predicted molar refractivity (Wildman–Crippen MR) is 105 cm³/mol. The van der Waals surface area contributed by atoms with E-state index in [1.807, 2.05) is 13.8 Å². The number of aliphatic hydroxyl groups is 1. The summed E-state index contributed by atoms with van der Waals surface area (Å²) in [5.41, 5.74) is 0. The highest BCUT2D eigenvalue weighted by Crippen LogP contribution is 2.29. The summed E-state index contributed by atoms with van der Waals surface area (Å²) < 4.78 is 23.1. The zero-order valence-electron chi connectivity index (χ0n) is 17.0. The summed E-state index contributed by atoms with van der Waals surface area (Å²) >= 11 is 0. The van der Waals surface area contributed by atoms with Crippen molar-refractivity contribution in [2.45, 2.75) is 96.4 Å². The maximum absolute atomic E-state index is 12.4. The lowest BCUT2D eigenvalue weighted by molar-refractivity contribution is -0.136. The normalized spacial score (nSPS) is 26.6. The minimum Gasteiger partial charge on any atom is -0.408 e. The SMILES string of the molecule is CCCCCCCCNC(=O)C(O)C1OB(CC)OC1C1COB(CC)O1. The van der Waals surface area contributed by atoms with Gasteiger partial charge < -0.3 is 29.0 Å². The van der Waals surface area contributed by atoms with Gasteiger partial charge in [-0.15, -0.1) is 0 Å². The molecule has 2 rings (SSSR count). The number of carbonyl (C=O) groups excluding carboxylic acids is 1. The lowest BCUT2D eigenvalue weighted by Gasteiger charge is -2.26. The third-order valence-corrected chi connectivity index (χ3v) is 5.16. The molecule has 27 heavy (non-hydrogen) atoms. The van der Waals surface area contributed by atoms with Crippen LogP contribution in [0.4, 0.5) is 0 Å². The van der Waals surface area contributed by atoms with Crippen molar-refractivity contribution in [3.8, 4) is 0 Å². The number of unbranched alkanes of at least 4 members (excludes halogenated alkanes) is 5. The van der Waals surface area contributed by atoms with Crippen LogP contribution in [0.15, 0.2) is 0 Å². The molecule has 2 aliphatic rings. The molecule has 0 aromatic heterocycles. The Balaban J connectivity index is 1.79. The Labute approximate surface area is 164 Å². The van der Waals surface area contributed by atoms with Crippen LogP contribution in [0.1, 0.15) is 59.3 Å². The van der Waals surface area contributed by atoms with Crippen LogP contribution in [0.2, 0.25) is 12.6 Å². The van der Waals surface area contributed by atoms with Gasteiger partial charge in [0, 0.05) is 6.54 Å². The molecule has 2 saturated heterocycles. The molecule has 0 spiro atoms. The van der Waals surface area contributed by atoms with Crippen LogP contribution >= 0.6 is 0 Å². The summed E-state index contributed by atoms with van der Waals surface area (Å²) in [4.78, 5) is 12.4. The zero-order valence-corrected chi connectivity index (χ0v) is 17.0. The highest BCUT2D eigenvalue weighted by molar-refractivity contribution is 6.45. The Bertz CT molecular complexity index is 444. The van der Waals surface area contributed by atoms with Crippen LogP contribution in [0.25, 0.3) is 0 Å². The van der Waals surface area contributed by atoms with E-state index in [-0.39, 0.29) is 13.2 Å². The van der Waals surface area contributed by atoms with E-state index in [0.29, 0.717) is 19.5 Å². The number of amides is 1. The highest BCUT2D eigenvalue weighted by Gasteiger charge is 2.50. The molecule has 1 amide bonds. The second kappa shape index (κ2) is 12.1. The number of carbonyl (C=O) groups is 1. The Morgan fingerprint density at radius 2 is 1.74 bits per heavy atom. The van der Waals surface area contributed by atoms with E-state index in [1.54, 1.807) is 0 Å². The maximum atomic E-state index is 12.4. The first-order chi connectivity index (χ1) is 13.1. The van der Waals surface area contributed by atoms with Gasteiger partial charge in [-0.05, 0) is 19.1 Å². The van der Waals surface area contributed by atoms with Crippen LogP contribution in [-0.2, 0) is 23.4 Å². The van der Waals surface area contributed by atoms with Gasteiger partial charge in [-0.3, -0.25) is 4.79 Å². The molecule has 2 aliphatic heterocycles. The summed E-state index contributed by atoms with van der Waals surface area (Å²) in [6, 6.07) is 0. The molecule has 0 radical (unpaired) electrons. The molecule has 7 nitrogen and oxygen atoms in total. The summed E-state index contributed by atoms with van der Waals surface area (Å²) in [7, 11) is -0.705. The first kappa shape index (κ1) is 22.7. The molecule has 9 heteroatoms. The van der Waals surface area contributed by atoms with Crippen molar-refractivity contribution in [2.24, 2.45) is 0 Å². The second-order valence-corrected chi connectivity index (χ2v) is 7.39. The Morgan fingerprint density at radius 1 is 1.04 bits per heavy atom. The van der Waals surface area contributed by atoms with E-state index in [4.69, 9.17) is 18.6 Å². The predicted octanol–water partition coefficient (Wildman–Crippen LogP) is 2.04. The molecule has 0 bridgehead atoms. The Morgan fingerprint density at radius 3 is 2.41 bits per heavy atom. The van der Waals surface area contributed by atoms with Crippen molar-refractivity contribution in [1.29, 1.82) is 0 Å². The van der Waals surface area contributed by atoms with Crippen LogP contribution in [0, 0.1) is 0 Å². The second-order valence-electron chi connectivity index (χ2n) is 7.39. The van der Waals surface area contributed by atoms with Gasteiger partial charge in [-0.25, -0.2) is 0 Å². The van der Waals surface area contributed by atoms with Gasteiger partial charge in [0.05, 0.1) is 18.8 Å². The summed E-state index contributed by atoms with van der Waals surface area (Å²) in [6.45, 7) is 7.06. The smallest absolute Gasteiger partial charge is 0.408 e. The molecule has 154 valence electrons. The number of hydrogen-bond donors (Lipinski definition) is 2. The highest BCUT2D eigenvalue weighted by atomic mass is 16.7. The van der Waals surface area contributed by atoms with E-state index in [1.165, 1.54) is 25.7 Å². The molecule has 2 N–H and O–H groups in total. The van der Waals surface area contributed by atoms with E-state index in [2.05, 4.69) is 12.2 Å². The molecule has 0 aromatic carbocycles. The largest absolute Gasteiger partial charge is 0.457 e. The molecular weight excluding hydrogens is 348 g/mol. The molecule has 0 saturated carbocycles. The van der Waals surface area contributed by atoms with Crippen molar-refractivity contribution in [3.05, 3.63) is 0 Å². The first-order valence-corrected chi connectivity index (χ1v) is 10.6. The van der Waals surface area contributed by atoms with Gasteiger partial charge >= 0.3 is 14.2 Å². The Kier molecular flexibility index (Phi) is 10.1. The van der Waals surface area contributed by atoms with Crippen molar-refractivity contribution in [1.82, 2.24) is 5.32 Å². The van der Waals surface area contributed by atoms with Crippen molar-refractivity contribution < 1.29 is 28.5 Å². The molecule has 4 atom stereocenters. The van der Waals surface area contributed by atoms with E-state index < -0.39 is 31.3 Å². The van der Waals surface area contributed by atoms with Gasteiger partial charge in [-0.2, -0.15) is 0 Å². The number of rotatable bonds is 12. The van der Waals surface area contributed by atoms with Crippen LogP contribution in [-0.4, -0.2) is 62.8 Å². The van der Waals surface area contributed by atoms with Crippen molar-refractivity contribution >= 4 is 20.1 Å². The van der Waals surface area contributed by atoms with Crippen LogP contribution < -0.4 is 5.32 Å². The lowest BCUT2D eigenvalue weighted by atomic mass is 9.86. The minimum atomic E-state index is -1.28. The fraction of sp³-hybridized carbons (Fsp3) is 0.944. The maximum Gasteiger partial charge on any atom is 0.457 e. The van der Waals surface area contributed by atoms with Crippen molar-refractivity contribution in [3.63, 3.8) is 0 Å². The lowest BCUT2D eigenvalue weighted by Crippen LogP contribution is -2.50. The van der Waals surface area contributed by atoms with Gasteiger partial charge in [0.15, 0.2) is 6.10 Å². The third kappa shape index (κ3) is 6.75. The first-order valence-electron chi connectivity index (χ1n) is 10.6. The van der Waals surface area contributed by atoms with E-state index in [0.717, 1.165) is 19.2 Å². The van der Waals surface area contributed by atoms with Crippen molar-refractivity contribution in [2.75, 3.05) is 13.2 Å². The zero-order chi connectivity index (χ0) is 19.6. The standard InChI is InChI=1S/C18H35B2NO6/c1-4-7-8-9-10-11-12-21-18(23)15(22)17-16(26-20(6-3)27-17)14-13-24-19(5-2)25-14/h14-17,22H,4-13H2,1-3H3,(H,21,23).